The van der Waals surface area contributed by atoms with Crippen LogP contribution >= 0.6 is 15.9 Å². The Kier molecular flexibility index (Phi) is 3.62. The molecule has 1 aliphatic carbocycles. The zero-order valence-electron chi connectivity index (χ0n) is 9.45. The van der Waals surface area contributed by atoms with Crippen molar-refractivity contribution >= 4 is 15.9 Å². The number of halogens is 7. The van der Waals surface area contributed by atoms with E-state index in [1.165, 1.54) is 0 Å². The molecule has 1 saturated carbocycles. The Labute approximate surface area is 113 Å². The Morgan fingerprint density at radius 3 is 1.74 bits per heavy atom. The van der Waals surface area contributed by atoms with Crippen LogP contribution in [0.15, 0.2) is 18.2 Å². The molecule has 0 aliphatic heterocycles. The van der Waals surface area contributed by atoms with Crippen molar-refractivity contribution in [3.63, 3.8) is 0 Å². The van der Waals surface area contributed by atoms with Gasteiger partial charge in [0.2, 0.25) is 0 Å². The summed E-state index contributed by atoms with van der Waals surface area (Å²) in [6.45, 7) is 0. The second kappa shape index (κ2) is 4.68. The topological polar surface area (TPSA) is 0 Å². The third-order valence-corrected chi connectivity index (χ3v) is 3.99. The maximum Gasteiger partial charge on any atom is 0.416 e. The molecular formula is C12H9BrF6. The van der Waals surface area contributed by atoms with Gasteiger partial charge in [-0.05, 0) is 42.0 Å². The molecule has 2 unspecified atom stereocenters. The van der Waals surface area contributed by atoms with Gasteiger partial charge in [0.05, 0.1) is 11.1 Å². The fourth-order valence-corrected chi connectivity index (χ4v) is 2.74. The average Bonchev–Trinajstić information content (AvgIpc) is 3.05. The van der Waals surface area contributed by atoms with Crippen LogP contribution < -0.4 is 0 Å². The first-order valence-electron chi connectivity index (χ1n) is 5.48. The molecule has 2 atom stereocenters. The van der Waals surface area contributed by atoms with Crippen LogP contribution in [-0.4, -0.2) is 5.33 Å². The van der Waals surface area contributed by atoms with E-state index in [9.17, 15) is 26.3 Å². The molecule has 106 valence electrons. The van der Waals surface area contributed by atoms with E-state index in [1.54, 1.807) is 0 Å². The molecule has 0 saturated heterocycles. The summed E-state index contributed by atoms with van der Waals surface area (Å²) < 4.78 is 75.7. The zero-order valence-corrected chi connectivity index (χ0v) is 11.0. The van der Waals surface area contributed by atoms with E-state index in [0.717, 1.165) is 12.1 Å². The highest BCUT2D eigenvalue weighted by Gasteiger charge is 2.42. The number of hydrogen-bond donors (Lipinski definition) is 0. The van der Waals surface area contributed by atoms with Gasteiger partial charge < -0.3 is 0 Å². The average molecular weight is 347 g/mol. The van der Waals surface area contributed by atoms with E-state index in [4.69, 9.17) is 0 Å². The largest absolute Gasteiger partial charge is 0.416 e. The first kappa shape index (κ1) is 14.7. The van der Waals surface area contributed by atoms with E-state index >= 15 is 0 Å². The molecule has 0 bridgehead atoms. The molecule has 0 radical (unpaired) electrons. The molecule has 1 aliphatic rings. The van der Waals surface area contributed by atoms with E-state index < -0.39 is 23.5 Å². The van der Waals surface area contributed by atoms with Gasteiger partial charge in [0.1, 0.15) is 0 Å². The minimum Gasteiger partial charge on any atom is -0.166 e. The first-order valence-corrected chi connectivity index (χ1v) is 6.60. The number of benzene rings is 1. The maximum atomic E-state index is 12.6. The molecule has 0 nitrogen and oxygen atoms in total. The molecule has 0 heterocycles. The molecule has 19 heavy (non-hydrogen) atoms. The zero-order chi connectivity index (χ0) is 14.4. The smallest absolute Gasteiger partial charge is 0.166 e. The Morgan fingerprint density at radius 2 is 1.42 bits per heavy atom. The summed E-state index contributed by atoms with van der Waals surface area (Å²) in [4.78, 5) is 0. The van der Waals surface area contributed by atoms with E-state index in [-0.39, 0.29) is 23.5 Å². The van der Waals surface area contributed by atoms with Crippen LogP contribution in [0.5, 0.6) is 0 Å². The summed E-state index contributed by atoms with van der Waals surface area (Å²) in [5.41, 5.74) is -2.36. The van der Waals surface area contributed by atoms with Crippen molar-refractivity contribution in [2.75, 3.05) is 5.33 Å². The van der Waals surface area contributed by atoms with Crippen molar-refractivity contribution in [1.29, 1.82) is 0 Å². The van der Waals surface area contributed by atoms with Crippen molar-refractivity contribution in [3.05, 3.63) is 34.9 Å². The van der Waals surface area contributed by atoms with Crippen molar-refractivity contribution in [2.45, 2.75) is 24.7 Å². The van der Waals surface area contributed by atoms with Crippen LogP contribution in [0.25, 0.3) is 0 Å². The quantitative estimate of drug-likeness (QED) is 0.508. The molecular weight excluding hydrogens is 338 g/mol. The molecule has 0 spiro atoms. The number of alkyl halides is 7. The first-order chi connectivity index (χ1) is 8.63. The SMILES string of the molecule is FC(F)(F)c1cc(C2CC2CBr)cc(C(F)(F)F)c1. The van der Waals surface area contributed by atoms with Crippen molar-refractivity contribution < 1.29 is 26.3 Å². The Balaban J connectivity index is 2.44. The molecule has 1 aromatic carbocycles. The lowest BCUT2D eigenvalue weighted by molar-refractivity contribution is -0.143. The van der Waals surface area contributed by atoms with Crippen LogP contribution in [0.4, 0.5) is 26.3 Å². The molecule has 0 amide bonds. The van der Waals surface area contributed by atoms with Crippen LogP contribution in [0, 0.1) is 5.92 Å². The standard InChI is InChI=1S/C12H9BrF6/c13-5-7-3-10(7)6-1-8(11(14,15)16)4-9(2-6)12(17,18)19/h1-2,4,7,10H,3,5H2. The minimum atomic E-state index is -4.77. The van der Waals surface area contributed by atoms with Crippen LogP contribution in [-0.2, 0) is 12.4 Å². The Bertz CT molecular complexity index is 444. The van der Waals surface area contributed by atoms with Crippen molar-refractivity contribution in [3.8, 4) is 0 Å². The van der Waals surface area contributed by atoms with E-state index in [2.05, 4.69) is 15.9 Å². The van der Waals surface area contributed by atoms with Gasteiger partial charge in [-0.3, -0.25) is 0 Å². The Morgan fingerprint density at radius 1 is 0.947 bits per heavy atom. The van der Waals surface area contributed by atoms with Gasteiger partial charge in [0.25, 0.3) is 0 Å². The summed E-state index contributed by atoms with van der Waals surface area (Å²) >= 11 is 3.19. The molecule has 0 N–H and O–H groups in total. The third-order valence-electron chi connectivity index (χ3n) is 3.16. The molecule has 7 heteroatoms. The summed E-state index contributed by atoms with van der Waals surface area (Å²) in [6, 6.07) is 1.81. The second-order valence-corrected chi connectivity index (χ2v) is 5.24. The lowest BCUT2D eigenvalue weighted by Gasteiger charge is -2.14. The highest BCUT2D eigenvalue weighted by atomic mass is 79.9. The molecule has 2 rings (SSSR count). The third kappa shape index (κ3) is 3.24. The van der Waals surface area contributed by atoms with E-state index in [0.29, 0.717) is 11.8 Å². The summed E-state index contributed by atoms with van der Waals surface area (Å²) in [5.74, 6) is -0.104. The van der Waals surface area contributed by atoms with Gasteiger partial charge in [0.15, 0.2) is 0 Å². The summed E-state index contributed by atoms with van der Waals surface area (Å²) in [6.07, 6.45) is -8.92. The second-order valence-electron chi connectivity index (χ2n) is 4.60. The maximum absolute atomic E-state index is 12.6. The van der Waals surface area contributed by atoms with Gasteiger partial charge >= 0.3 is 12.4 Å². The monoisotopic (exact) mass is 346 g/mol. The lowest BCUT2D eigenvalue weighted by atomic mass is 10.0. The van der Waals surface area contributed by atoms with Gasteiger partial charge in [-0.25, -0.2) is 0 Å². The van der Waals surface area contributed by atoms with E-state index in [1.807, 2.05) is 0 Å². The van der Waals surface area contributed by atoms with Gasteiger partial charge in [-0.2, -0.15) is 26.3 Å². The minimum absolute atomic E-state index is 0.115. The summed E-state index contributed by atoms with van der Waals surface area (Å²) in [5, 5.41) is 0.579. The number of rotatable bonds is 2. The molecule has 1 aromatic rings. The highest BCUT2D eigenvalue weighted by Crippen LogP contribution is 2.50. The fourth-order valence-electron chi connectivity index (χ4n) is 2.02. The predicted octanol–water partition coefficient (Wildman–Crippen LogP) is 5.22. The normalized spacial score (nSPS) is 23.5. The molecule has 0 aromatic heterocycles. The molecule has 1 fully saturated rings. The van der Waals surface area contributed by atoms with Crippen molar-refractivity contribution in [2.24, 2.45) is 5.92 Å². The highest BCUT2D eigenvalue weighted by molar-refractivity contribution is 9.09. The van der Waals surface area contributed by atoms with Crippen molar-refractivity contribution in [1.82, 2.24) is 0 Å². The number of hydrogen-bond acceptors (Lipinski definition) is 0. The van der Waals surface area contributed by atoms with Crippen LogP contribution in [0.2, 0.25) is 0 Å². The Hall–Kier alpha value is -0.720. The van der Waals surface area contributed by atoms with Crippen LogP contribution in [0.1, 0.15) is 29.0 Å². The summed E-state index contributed by atoms with van der Waals surface area (Å²) in [7, 11) is 0. The lowest BCUT2D eigenvalue weighted by Crippen LogP contribution is -2.11. The fraction of sp³-hybridized carbons (Fsp3) is 0.500. The van der Waals surface area contributed by atoms with Gasteiger partial charge in [-0.15, -0.1) is 0 Å². The van der Waals surface area contributed by atoms with Crippen LogP contribution in [0.3, 0.4) is 0 Å². The van der Waals surface area contributed by atoms with Gasteiger partial charge in [-0.1, -0.05) is 15.9 Å². The predicted molar refractivity (Wildman–Crippen MR) is 61.1 cm³/mol. The van der Waals surface area contributed by atoms with Gasteiger partial charge in [0, 0.05) is 5.33 Å².